The molecular weight excluding hydrogens is 357 g/mol. The van der Waals surface area contributed by atoms with E-state index >= 15 is 0 Å². The Morgan fingerprint density at radius 2 is 1.93 bits per heavy atom. The van der Waals surface area contributed by atoms with Crippen molar-refractivity contribution < 1.29 is 8.91 Å². The third-order valence-electron chi connectivity index (χ3n) is 4.15. The van der Waals surface area contributed by atoms with Crippen molar-refractivity contribution in [2.75, 3.05) is 5.32 Å². The monoisotopic (exact) mass is 371 g/mol. The first kappa shape index (κ1) is 17.4. The lowest BCUT2D eigenvalue weighted by molar-refractivity contribution is 0.400. The Bertz CT molecular complexity index is 1180. The lowest BCUT2D eigenvalue weighted by Crippen LogP contribution is -2.00. The SMILES string of the molecule is [C-]#[N+]c1ccc(F)c(Nc2nccc(-c3c(-c4ccccc4)noc3C)n2)c1. The van der Waals surface area contributed by atoms with Gasteiger partial charge in [-0.3, -0.25) is 0 Å². The molecule has 4 aromatic rings. The van der Waals surface area contributed by atoms with E-state index in [0.29, 0.717) is 22.8 Å². The van der Waals surface area contributed by atoms with Gasteiger partial charge >= 0.3 is 0 Å². The van der Waals surface area contributed by atoms with E-state index in [1.54, 1.807) is 12.3 Å². The number of rotatable bonds is 4. The van der Waals surface area contributed by atoms with E-state index in [-0.39, 0.29) is 11.6 Å². The van der Waals surface area contributed by atoms with Crippen molar-refractivity contribution in [1.82, 2.24) is 15.1 Å². The van der Waals surface area contributed by atoms with Crippen molar-refractivity contribution in [3.05, 3.63) is 83.8 Å². The quantitative estimate of drug-likeness (QED) is 0.477. The van der Waals surface area contributed by atoms with Crippen LogP contribution in [0.5, 0.6) is 0 Å². The summed E-state index contributed by atoms with van der Waals surface area (Å²) in [6.07, 6.45) is 1.57. The van der Waals surface area contributed by atoms with Crippen LogP contribution in [0.4, 0.5) is 21.7 Å². The average Bonchev–Trinajstić information content (AvgIpc) is 3.12. The van der Waals surface area contributed by atoms with Crippen molar-refractivity contribution in [3.63, 3.8) is 0 Å². The van der Waals surface area contributed by atoms with Crippen molar-refractivity contribution in [2.24, 2.45) is 0 Å². The van der Waals surface area contributed by atoms with Gasteiger partial charge in [-0.05, 0) is 25.1 Å². The maximum atomic E-state index is 14.1. The Kier molecular flexibility index (Phi) is 4.52. The third-order valence-corrected chi connectivity index (χ3v) is 4.15. The Balaban J connectivity index is 1.73. The molecule has 0 aliphatic carbocycles. The van der Waals surface area contributed by atoms with E-state index in [1.165, 1.54) is 18.2 Å². The first-order valence-electron chi connectivity index (χ1n) is 8.45. The minimum Gasteiger partial charge on any atom is -0.360 e. The number of hydrogen-bond donors (Lipinski definition) is 1. The molecule has 6 nitrogen and oxygen atoms in total. The van der Waals surface area contributed by atoms with Crippen LogP contribution < -0.4 is 5.32 Å². The molecule has 0 bridgehead atoms. The van der Waals surface area contributed by atoms with Gasteiger partial charge in [0.05, 0.1) is 23.5 Å². The summed E-state index contributed by atoms with van der Waals surface area (Å²) in [5.74, 6) is 0.329. The zero-order valence-corrected chi connectivity index (χ0v) is 14.8. The molecule has 1 N–H and O–H groups in total. The van der Waals surface area contributed by atoms with Crippen molar-refractivity contribution in [2.45, 2.75) is 6.92 Å². The van der Waals surface area contributed by atoms with Crippen LogP contribution in [0, 0.1) is 19.3 Å². The molecule has 28 heavy (non-hydrogen) atoms. The van der Waals surface area contributed by atoms with Gasteiger partial charge in [-0.1, -0.05) is 41.6 Å². The average molecular weight is 371 g/mol. The van der Waals surface area contributed by atoms with Gasteiger partial charge in [0.15, 0.2) is 5.69 Å². The maximum Gasteiger partial charge on any atom is 0.227 e. The predicted octanol–water partition coefficient (Wildman–Crippen LogP) is 5.54. The van der Waals surface area contributed by atoms with Crippen molar-refractivity contribution >= 4 is 17.3 Å². The number of hydrogen-bond acceptors (Lipinski definition) is 5. The molecule has 0 radical (unpaired) electrons. The van der Waals surface area contributed by atoms with Gasteiger partial charge in [-0.15, -0.1) is 0 Å². The Labute approximate surface area is 160 Å². The minimum atomic E-state index is -0.493. The summed E-state index contributed by atoms with van der Waals surface area (Å²) in [4.78, 5) is 12.0. The molecule has 2 aromatic heterocycles. The summed E-state index contributed by atoms with van der Waals surface area (Å²) in [5.41, 5.74) is 3.36. The number of nitrogens with zero attached hydrogens (tertiary/aromatic N) is 4. The van der Waals surface area contributed by atoms with Crippen LogP contribution in [0.15, 0.2) is 65.3 Å². The summed E-state index contributed by atoms with van der Waals surface area (Å²) < 4.78 is 19.5. The first-order valence-corrected chi connectivity index (χ1v) is 8.45. The maximum absolute atomic E-state index is 14.1. The van der Waals surface area contributed by atoms with Crippen LogP contribution in [0.1, 0.15) is 5.76 Å². The molecule has 0 saturated heterocycles. The number of nitrogens with one attached hydrogen (secondary N) is 1. The molecule has 0 spiro atoms. The number of aromatic nitrogens is 3. The molecule has 0 atom stereocenters. The highest BCUT2D eigenvalue weighted by Crippen LogP contribution is 2.33. The second-order valence-corrected chi connectivity index (χ2v) is 5.99. The smallest absolute Gasteiger partial charge is 0.227 e. The van der Waals surface area contributed by atoms with Crippen molar-refractivity contribution in [1.29, 1.82) is 0 Å². The Morgan fingerprint density at radius 3 is 2.71 bits per heavy atom. The zero-order valence-electron chi connectivity index (χ0n) is 14.8. The minimum absolute atomic E-state index is 0.135. The molecular formula is C21H14FN5O. The highest BCUT2D eigenvalue weighted by Gasteiger charge is 2.18. The van der Waals surface area contributed by atoms with Crippen LogP contribution in [-0.2, 0) is 0 Å². The standard InChI is InChI=1S/C21H14FN5O/c1-13-19(20(27-28-13)14-6-4-3-5-7-14)17-10-11-24-21(25-17)26-18-12-15(23-2)8-9-16(18)22/h3-12H,1H3,(H,24,25,26). The molecule has 0 amide bonds. The first-order chi connectivity index (χ1) is 13.7. The summed E-state index contributed by atoms with van der Waals surface area (Å²) in [5, 5.41) is 7.00. The molecule has 0 saturated carbocycles. The van der Waals surface area contributed by atoms with Crippen LogP contribution in [0.25, 0.3) is 27.4 Å². The molecule has 2 heterocycles. The fraction of sp³-hybridized carbons (Fsp3) is 0.0476. The third kappa shape index (κ3) is 3.31. The largest absolute Gasteiger partial charge is 0.360 e. The van der Waals surface area contributed by atoms with Gasteiger partial charge in [-0.25, -0.2) is 19.2 Å². The normalized spacial score (nSPS) is 10.5. The molecule has 4 rings (SSSR count). The second kappa shape index (κ2) is 7.29. The van der Waals surface area contributed by atoms with Crippen LogP contribution in [0.3, 0.4) is 0 Å². The van der Waals surface area contributed by atoms with E-state index in [9.17, 15) is 4.39 Å². The van der Waals surface area contributed by atoms with E-state index in [2.05, 4.69) is 25.3 Å². The summed E-state index contributed by atoms with van der Waals surface area (Å²) >= 11 is 0. The zero-order chi connectivity index (χ0) is 19.5. The fourth-order valence-electron chi connectivity index (χ4n) is 2.82. The van der Waals surface area contributed by atoms with Gasteiger partial charge < -0.3 is 9.84 Å². The lowest BCUT2D eigenvalue weighted by Gasteiger charge is -2.08. The van der Waals surface area contributed by atoms with E-state index in [0.717, 1.165) is 11.1 Å². The van der Waals surface area contributed by atoms with Crippen LogP contribution >= 0.6 is 0 Å². The molecule has 0 unspecified atom stereocenters. The van der Waals surface area contributed by atoms with Gasteiger partial charge in [0.1, 0.15) is 17.3 Å². The Morgan fingerprint density at radius 1 is 1.11 bits per heavy atom. The van der Waals surface area contributed by atoms with Gasteiger partial charge in [0, 0.05) is 11.8 Å². The highest BCUT2D eigenvalue weighted by molar-refractivity contribution is 5.80. The topological polar surface area (TPSA) is 68.2 Å². The Hall–Kier alpha value is -4.05. The van der Waals surface area contributed by atoms with E-state index < -0.39 is 5.82 Å². The molecule has 2 aromatic carbocycles. The summed E-state index contributed by atoms with van der Waals surface area (Å²) in [6.45, 7) is 8.88. The van der Waals surface area contributed by atoms with E-state index in [4.69, 9.17) is 11.1 Å². The number of benzene rings is 2. The molecule has 136 valence electrons. The summed E-state index contributed by atoms with van der Waals surface area (Å²) in [7, 11) is 0. The van der Waals surface area contributed by atoms with Gasteiger partial charge in [-0.2, -0.15) is 0 Å². The number of anilines is 2. The molecule has 0 aliphatic heterocycles. The highest BCUT2D eigenvalue weighted by atomic mass is 19.1. The van der Waals surface area contributed by atoms with Crippen molar-refractivity contribution in [3.8, 4) is 22.5 Å². The number of halogens is 1. The van der Waals surface area contributed by atoms with Crippen LogP contribution in [0.2, 0.25) is 0 Å². The molecule has 7 heteroatoms. The molecule has 0 fully saturated rings. The lowest BCUT2D eigenvalue weighted by atomic mass is 10.0. The fourth-order valence-corrected chi connectivity index (χ4v) is 2.82. The van der Waals surface area contributed by atoms with Crippen LogP contribution in [-0.4, -0.2) is 15.1 Å². The molecule has 0 aliphatic rings. The second-order valence-electron chi connectivity index (χ2n) is 5.99. The van der Waals surface area contributed by atoms with Gasteiger partial charge in [0.2, 0.25) is 5.95 Å². The predicted molar refractivity (Wildman–Crippen MR) is 104 cm³/mol. The van der Waals surface area contributed by atoms with E-state index in [1.807, 2.05) is 37.3 Å². The van der Waals surface area contributed by atoms with Gasteiger partial charge in [0.25, 0.3) is 0 Å². The number of aryl methyl sites for hydroxylation is 1. The summed E-state index contributed by atoms with van der Waals surface area (Å²) in [6, 6.07) is 15.4.